The maximum absolute atomic E-state index is 12.7. The Kier molecular flexibility index (Phi) is 7.13. The summed E-state index contributed by atoms with van der Waals surface area (Å²) in [5.74, 6) is 0.649. The molecule has 0 bridgehead atoms. The monoisotopic (exact) mass is 404 g/mol. The van der Waals surface area contributed by atoms with Crippen LogP contribution < -0.4 is 5.32 Å². The van der Waals surface area contributed by atoms with Crippen molar-refractivity contribution in [3.05, 3.63) is 29.3 Å². The Morgan fingerprint density at radius 2 is 2.00 bits per heavy atom. The van der Waals surface area contributed by atoms with Crippen LogP contribution in [0.4, 0.5) is 10.8 Å². The number of aromatic nitrogens is 2. The number of rotatable bonds is 7. The number of anilines is 2. The summed E-state index contributed by atoms with van der Waals surface area (Å²) in [7, 11) is 0. The third-order valence-electron chi connectivity index (χ3n) is 5.16. The molecule has 0 unspecified atom stereocenters. The predicted octanol–water partition coefficient (Wildman–Crippen LogP) is 5.17. The van der Waals surface area contributed by atoms with Gasteiger partial charge in [-0.15, -0.1) is 10.2 Å². The van der Waals surface area contributed by atoms with Gasteiger partial charge in [0.05, 0.1) is 5.75 Å². The van der Waals surface area contributed by atoms with Gasteiger partial charge < -0.3 is 10.2 Å². The number of thioether (sulfide) groups is 1. The Morgan fingerprint density at radius 3 is 2.70 bits per heavy atom. The minimum absolute atomic E-state index is 0.216. The van der Waals surface area contributed by atoms with Gasteiger partial charge in [-0.2, -0.15) is 0 Å². The van der Waals surface area contributed by atoms with E-state index in [9.17, 15) is 4.79 Å². The van der Waals surface area contributed by atoms with Crippen LogP contribution in [0.3, 0.4) is 0 Å². The number of hydrogen-bond donors (Lipinski definition) is 1. The lowest BCUT2D eigenvalue weighted by Crippen LogP contribution is -2.42. The molecule has 1 heterocycles. The van der Waals surface area contributed by atoms with Crippen LogP contribution in [-0.2, 0) is 4.79 Å². The molecule has 0 spiro atoms. The summed E-state index contributed by atoms with van der Waals surface area (Å²) in [6, 6.07) is 6.67. The van der Waals surface area contributed by atoms with E-state index < -0.39 is 0 Å². The zero-order valence-electron chi connectivity index (χ0n) is 16.3. The standard InChI is InChI=1S/C20H28N4OS2/c1-4-24(17-8-6-5-7-9-17)18(25)13-26-20-23-22-19(27-20)21-16-11-10-14(2)15(3)12-16/h10-12,17H,4-9,13H2,1-3H3,(H,21,22). The molecule has 1 aliphatic rings. The summed E-state index contributed by atoms with van der Waals surface area (Å²) in [5, 5.41) is 12.5. The van der Waals surface area contributed by atoms with Crippen LogP contribution in [0.1, 0.15) is 50.2 Å². The van der Waals surface area contributed by atoms with E-state index in [1.165, 1.54) is 53.5 Å². The SMILES string of the molecule is CCN(C(=O)CSc1nnc(Nc2ccc(C)c(C)c2)s1)C1CCCCC1. The Hall–Kier alpha value is -1.60. The quantitative estimate of drug-likeness (QED) is 0.645. The van der Waals surface area contributed by atoms with Gasteiger partial charge in [0.2, 0.25) is 11.0 Å². The van der Waals surface area contributed by atoms with E-state index in [-0.39, 0.29) is 5.91 Å². The minimum atomic E-state index is 0.216. The van der Waals surface area contributed by atoms with E-state index in [1.807, 2.05) is 6.07 Å². The molecule has 1 aliphatic carbocycles. The highest BCUT2D eigenvalue weighted by Crippen LogP contribution is 2.29. The van der Waals surface area contributed by atoms with Crippen molar-refractivity contribution < 1.29 is 4.79 Å². The Morgan fingerprint density at radius 1 is 1.22 bits per heavy atom. The van der Waals surface area contributed by atoms with Crippen LogP contribution in [-0.4, -0.2) is 39.3 Å². The van der Waals surface area contributed by atoms with Crippen molar-refractivity contribution in [1.82, 2.24) is 15.1 Å². The molecule has 5 nitrogen and oxygen atoms in total. The molecule has 1 fully saturated rings. The number of benzene rings is 1. The first-order valence-electron chi connectivity index (χ1n) is 9.67. The lowest BCUT2D eigenvalue weighted by atomic mass is 9.94. The summed E-state index contributed by atoms with van der Waals surface area (Å²) in [4.78, 5) is 14.7. The zero-order valence-corrected chi connectivity index (χ0v) is 18.0. The summed E-state index contributed by atoms with van der Waals surface area (Å²) < 4.78 is 0.828. The molecule has 2 aromatic rings. The highest BCUT2D eigenvalue weighted by atomic mass is 32.2. The number of amides is 1. The first-order valence-corrected chi connectivity index (χ1v) is 11.5. The zero-order chi connectivity index (χ0) is 19.2. The fraction of sp³-hybridized carbons (Fsp3) is 0.550. The van der Waals surface area contributed by atoms with Gasteiger partial charge >= 0.3 is 0 Å². The van der Waals surface area contributed by atoms with E-state index in [4.69, 9.17) is 0 Å². The van der Waals surface area contributed by atoms with Crippen LogP contribution in [0.5, 0.6) is 0 Å². The third kappa shape index (κ3) is 5.45. The van der Waals surface area contributed by atoms with Gasteiger partial charge in [0, 0.05) is 18.3 Å². The normalized spacial score (nSPS) is 14.9. The molecule has 1 amide bonds. The maximum atomic E-state index is 12.7. The topological polar surface area (TPSA) is 58.1 Å². The molecular formula is C20H28N4OS2. The number of aryl methyl sites for hydroxylation is 2. The van der Waals surface area contributed by atoms with Gasteiger partial charge in [0.15, 0.2) is 4.34 Å². The molecular weight excluding hydrogens is 376 g/mol. The Bertz CT molecular complexity index is 771. The lowest BCUT2D eigenvalue weighted by Gasteiger charge is -2.33. The van der Waals surface area contributed by atoms with Crippen molar-refractivity contribution in [2.75, 3.05) is 17.6 Å². The average molecular weight is 405 g/mol. The third-order valence-corrected chi connectivity index (χ3v) is 7.12. The molecule has 146 valence electrons. The molecule has 1 aromatic heterocycles. The van der Waals surface area contributed by atoms with Gasteiger partial charge in [-0.05, 0) is 56.9 Å². The Balaban J connectivity index is 1.53. The van der Waals surface area contributed by atoms with E-state index >= 15 is 0 Å². The molecule has 0 atom stereocenters. The van der Waals surface area contributed by atoms with Gasteiger partial charge in [0.25, 0.3) is 0 Å². The van der Waals surface area contributed by atoms with Crippen LogP contribution >= 0.6 is 23.1 Å². The molecule has 3 rings (SSSR count). The van der Waals surface area contributed by atoms with Gasteiger partial charge in [-0.1, -0.05) is 48.4 Å². The first-order chi connectivity index (χ1) is 13.1. The first kappa shape index (κ1) is 20.1. The van der Waals surface area contributed by atoms with Crippen molar-refractivity contribution in [3.8, 4) is 0 Å². The largest absolute Gasteiger partial charge is 0.339 e. The van der Waals surface area contributed by atoms with Crippen molar-refractivity contribution in [2.24, 2.45) is 0 Å². The summed E-state index contributed by atoms with van der Waals surface area (Å²) in [6.45, 7) is 7.06. The van der Waals surface area contributed by atoms with Gasteiger partial charge in [-0.3, -0.25) is 4.79 Å². The van der Waals surface area contributed by atoms with Crippen molar-refractivity contribution in [1.29, 1.82) is 0 Å². The van der Waals surface area contributed by atoms with E-state index in [2.05, 4.69) is 53.3 Å². The molecule has 1 saturated carbocycles. The molecule has 1 aromatic carbocycles. The molecule has 0 saturated heterocycles. The second kappa shape index (κ2) is 9.55. The number of hydrogen-bond acceptors (Lipinski definition) is 6. The number of nitrogens with one attached hydrogen (secondary N) is 1. The minimum Gasteiger partial charge on any atom is -0.339 e. The smallest absolute Gasteiger partial charge is 0.233 e. The number of nitrogens with zero attached hydrogens (tertiary/aromatic N) is 3. The van der Waals surface area contributed by atoms with Crippen LogP contribution in [0.2, 0.25) is 0 Å². The summed E-state index contributed by atoms with van der Waals surface area (Å²) >= 11 is 2.98. The maximum Gasteiger partial charge on any atom is 0.233 e. The Labute approximate surface area is 170 Å². The highest BCUT2D eigenvalue weighted by molar-refractivity contribution is 8.01. The summed E-state index contributed by atoms with van der Waals surface area (Å²) in [5.41, 5.74) is 3.52. The highest BCUT2D eigenvalue weighted by Gasteiger charge is 2.24. The van der Waals surface area contributed by atoms with Gasteiger partial charge in [-0.25, -0.2) is 0 Å². The number of carbonyl (C=O) groups is 1. The van der Waals surface area contributed by atoms with Crippen molar-refractivity contribution >= 4 is 39.8 Å². The van der Waals surface area contributed by atoms with Gasteiger partial charge in [0.1, 0.15) is 0 Å². The molecule has 1 N–H and O–H groups in total. The van der Waals surface area contributed by atoms with E-state index in [0.717, 1.165) is 34.5 Å². The number of carbonyl (C=O) groups excluding carboxylic acids is 1. The summed E-state index contributed by atoms with van der Waals surface area (Å²) in [6.07, 6.45) is 6.08. The lowest BCUT2D eigenvalue weighted by molar-refractivity contribution is -0.131. The fourth-order valence-corrected chi connectivity index (χ4v) is 5.16. The van der Waals surface area contributed by atoms with Crippen LogP contribution in [0.15, 0.2) is 22.5 Å². The van der Waals surface area contributed by atoms with Crippen molar-refractivity contribution in [2.45, 2.75) is 63.3 Å². The fourth-order valence-electron chi connectivity index (χ4n) is 3.50. The molecule has 7 heteroatoms. The van der Waals surface area contributed by atoms with E-state index in [1.54, 1.807) is 0 Å². The van der Waals surface area contributed by atoms with Crippen LogP contribution in [0.25, 0.3) is 0 Å². The molecule has 27 heavy (non-hydrogen) atoms. The predicted molar refractivity (Wildman–Crippen MR) is 114 cm³/mol. The van der Waals surface area contributed by atoms with Crippen molar-refractivity contribution in [3.63, 3.8) is 0 Å². The molecule has 0 aliphatic heterocycles. The second-order valence-corrected chi connectivity index (χ2v) is 9.26. The second-order valence-electron chi connectivity index (χ2n) is 7.06. The van der Waals surface area contributed by atoms with E-state index in [0.29, 0.717) is 11.8 Å². The molecule has 0 radical (unpaired) electrons. The van der Waals surface area contributed by atoms with Crippen LogP contribution in [0, 0.1) is 13.8 Å². The average Bonchev–Trinajstić information content (AvgIpc) is 3.12.